The average molecular weight is 311 g/mol. The van der Waals surface area contributed by atoms with Gasteiger partial charge >= 0.3 is 0 Å². The maximum atomic E-state index is 12.9. The third kappa shape index (κ3) is 3.65. The van der Waals surface area contributed by atoms with Crippen LogP contribution in [0.4, 0.5) is 4.39 Å². The van der Waals surface area contributed by atoms with Crippen molar-refractivity contribution >= 4 is 11.7 Å². The maximum absolute atomic E-state index is 12.9. The summed E-state index contributed by atoms with van der Waals surface area (Å²) in [4.78, 5) is 24.6. The van der Waals surface area contributed by atoms with Crippen LogP contribution in [-0.4, -0.2) is 18.2 Å². The number of hydrogen-bond donors (Lipinski definition) is 1. The molecule has 0 saturated carbocycles. The monoisotopic (exact) mass is 311 g/mol. The molecule has 1 N–H and O–H groups in total. The molecular formula is C19H18FNO2. The van der Waals surface area contributed by atoms with Gasteiger partial charge in [-0.15, -0.1) is 0 Å². The van der Waals surface area contributed by atoms with Crippen molar-refractivity contribution < 1.29 is 14.0 Å². The molecule has 4 heteroatoms. The van der Waals surface area contributed by atoms with E-state index in [4.69, 9.17) is 0 Å². The van der Waals surface area contributed by atoms with Crippen molar-refractivity contribution in [1.29, 1.82) is 0 Å². The number of rotatable bonds is 5. The average Bonchev–Trinajstić information content (AvgIpc) is 2.91. The van der Waals surface area contributed by atoms with E-state index in [0.717, 1.165) is 11.1 Å². The summed E-state index contributed by atoms with van der Waals surface area (Å²) in [5.41, 5.74) is 1.85. The summed E-state index contributed by atoms with van der Waals surface area (Å²) in [7, 11) is 0. The first-order chi connectivity index (χ1) is 11.1. The summed E-state index contributed by atoms with van der Waals surface area (Å²) in [6, 6.07) is 15.7. The van der Waals surface area contributed by atoms with Crippen molar-refractivity contribution in [1.82, 2.24) is 5.32 Å². The molecule has 1 heterocycles. The van der Waals surface area contributed by atoms with E-state index in [9.17, 15) is 14.0 Å². The Labute approximate surface area is 134 Å². The van der Waals surface area contributed by atoms with Crippen molar-refractivity contribution in [2.75, 3.05) is 6.54 Å². The summed E-state index contributed by atoms with van der Waals surface area (Å²) in [6.07, 6.45) is 0.850. The maximum Gasteiger partial charge on any atom is 0.230 e. The topological polar surface area (TPSA) is 46.2 Å². The number of benzene rings is 2. The van der Waals surface area contributed by atoms with Crippen molar-refractivity contribution in [2.45, 2.75) is 12.8 Å². The van der Waals surface area contributed by atoms with Gasteiger partial charge in [0.05, 0.1) is 0 Å². The standard InChI is InChI=1S/C19H18FNO2/c20-16-8-6-14(7-9-16)11-17(22)18-15(12-21-19(18)23)10-13-4-2-1-3-5-13/h1-9,15,18H,10-12H2,(H,21,23)/t15?,18-/m1/s1. The first-order valence-corrected chi connectivity index (χ1v) is 7.72. The third-order valence-electron chi connectivity index (χ3n) is 4.27. The van der Waals surface area contributed by atoms with E-state index in [-0.39, 0.29) is 29.8 Å². The van der Waals surface area contributed by atoms with Crippen LogP contribution < -0.4 is 5.32 Å². The van der Waals surface area contributed by atoms with E-state index < -0.39 is 5.92 Å². The number of carbonyl (C=O) groups is 2. The van der Waals surface area contributed by atoms with Crippen LogP contribution in [-0.2, 0) is 22.4 Å². The molecule has 1 amide bonds. The highest BCUT2D eigenvalue weighted by Gasteiger charge is 2.39. The third-order valence-corrected chi connectivity index (χ3v) is 4.27. The van der Waals surface area contributed by atoms with Gasteiger partial charge in [-0.05, 0) is 35.6 Å². The minimum Gasteiger partial charge on any atom is -0.355 e. The fourth-order valence-electron chi connectivity index (χ4n) is 3.10. The molecule has 3 nitrogen and oxygen atoms in total. The number of Topliss-reactive ketones (excluding diaryl/α,β-unsaturated/α-hetero) is 1. The van der Waals surface area contributed by atoms with E-state index in [1.807, 2.05) is 30.3 Å². The minimum atomic E-state index is -0.625. The normalized spacial score (nSPS) is 20.3. The SMILES string of the molecule is O=C(Cc1ccc(F)cc1)[C@@H]1C(=O)NCC1Cc1ccccc1. The zero-order chi connectivity index (χ0) is 16.2. The van der Waals surface area contributed by atoms with E-state index in [0.29, 0.717) is 13.0 Å². The molecule has 1 saturated heterocycles. The number of nitrogens with one attached hydrogen (secondary N) is 1. The molecule has 3 rings (SSSR count). The molecule has 23 heavy (non-hydrogen) atoms. The highest BCUT2D eigenvalue weighted by atomic mass is 19.1. The van der Waals surface area contributed by atoms with E-state index in [2.05, 4.69) is 5.32 Å². The number of halogens is 1. The molecule has 0 aliphatic carbocycles. The van der Waals surface area contributed by atoms with Crippen LogP contribution in [0.25, 0.3) is 0 Å². The molecule has 0 aromatic heterocycles. The second-order valence-corrected chi connectivity index (χ2v) is 5.94. The zero-order valence-corrected chi connectivity index (χ0v) is 12.7. The zero-order valence-electron chi connectivity index (χ0n) is 12.7. The molecule has 118 valence electrons. The predicted octanol–water partition coefficient (Wildman–Crippen LogP) is 2.54. The molecule has 2 aromatic rings. The molecule has 2 atom stereocenters. The van der Waals surface area contributed by atoms with Gasteiger partial charge < -0.3 is 5.32 Å². The van der Waals surface area contributed by atoms with Gasteiger partial charge in [0, 0.05) is 13.0 Å². The molecule has 0 radical (unpaired) electrons. The molecule has 1 aliphatic rings. The lowest BCUT2D eigenvalue weighted by molar-refractivity contribution is -0.132. The second-order valence-electron chi connectivity index (χ2n) is 5.94. The van der Waals surface area contributed by atoms with Gasteiger partial charge in [-0.1, -0.05) is 42.5 Å². The van der Waals surface area contributed by atoms with Crippen LogP contribution in [0.3, 0.4) is 0 Å². The quantitative estimate of drug-likeness (QED) is 0.863. The van der Waals surface area contributed by atoms with Crippen molar-refractivity contribution in [3.05, 3.63) is 71.5 Å². The second kappa shape index (κ2) is 6.73. The van der Waals surface area contributed by atoms with Crippen LogP contribution in [0.1, 0.15) is 11.1 Å². The molecule has 1 fully saturated rings. The molecule has 2 aromatic carbocycles. The Morgan fingerprint density at radius 2 is 1.74 bits per heavy atom. The Morgan fingerprint density at radius 3 is 2.43 bits per heavy atom. The summed E-state index contributed by atoms with van der Waals surface area (Å²) in [5.74, 6) is -1.29. The van der Waals surface area contributed by atoms with Crippen molar-refractivity contribution in [3.63, 3.8) is 0 Å². The van der Waals surface area contributed by atoms with Crippen LogP contribution in [0, 0.1) is 17.7 Å². The lowest BCUT2D eigenvalue weighted by Gasteiger charge is -2.16. The number of amides is 1. The van der Waals surface area contributed by atoms with Crippen molar-refractivity contribution in [3.8, 4) is 0 Å². The fraction of sp³-hybridized carbons (Fsp3) is 0.263. The van der Waals surface area contributed by atoms with Crippen LogP contribution >= 0.6 is 0 Å². The number of hydrogen-bond acceptors (Lipinski definition) is 2. The molecule has 1 aliphatic heterocycles. The van der Waals surface area contributed by atoms with Crippen molar-refractivity contribution in [2.24, 2.45) is 11.8 Å². The smallest absolute Gasteiger partial charge is 0.230 e. The van der Waals surface area contributed by atoms with Gasteiger partial charge in [-0.25, -0.2) is 4.39 Å². The van der Waals surface area contributed by atoms with Crippen LogP contribution in [0.5, 0.6) is 0 Å². The molecular weight excluding hydrogens is 293 g/mol. The van der Waals surface area contributed by atoms with Gasteiger partial charge in [0.2, 0.25) is 5.91 Å². The summed E-state index contributed by atoms with van der Waals surface area (Å²) in [5, 5.41) is 2.80. The fourth-order valence-corrected chi connectivity index (χ4v) is 3.10. The van der Waals surface area contributed by atoms with E-state index in [1.54, 1.807) is 12.1 Å². The Balaban J connectivity index is 1.71. The number of ketones is 1. The minimum absolute atomic E-state index is 0.0298. The first kappa shape index (κ1) is 15.4. The Bertz CT molecular complexity index is 697. The van der Waals surface area contributed by atoms with Gasteiger partial charge in [0.1, 0.15) is 17.5 Å². The van der Waals surface area contributed by atoms with E-state index >= 15 is 0 Å². The largest absolute Gasteiger partial charge is 0.355 e. The molecule has 1 unspecified atom stereocenters. The predicted molar refractivity (Wildman–Crippen MR) is 85.2 cm³/mol. The van der Waals surface area contributed by atoms with Gasteiger partial charge in [-0.3, -0.25) is 9.59 Å². The number of carbonyl (C=O) groups excluding carboxylic acids is 2. The summed E-state index contributed by atoms with van der Waals surface area (Å²) in [6.45, 7) is 0.521. The van der Waals surface area contributed by atoms with Gasteiger partial charge in [0.25, 0.3) is 0 Å². The van der Waals surface area contributed by atoms with Crippen LogP contribution in [0.15, 0.2) is 54.6 Å². The lowest BCUT2D eigenvalue weighted by Crippen LogP contribution is -2.29. The lowest BCUT2D eigenvalue weighted by atomic mass is 9.84. The highest BCUT2D eigenvalue weighted by molar-refractivity contribution is 6.03. The Hall–Kier alpha value is -2.49. The first-order valence-electron chi connectivity index (χ1n) is 7.72. The highest BCUT2D eigenvalue weighted by Crippen LogP contribution is 2.25. The summed E-state index contributed by atoms with van der Waals surface area (Å²) < 4.78 is 12.9. The van der Waals surface area contributed by atoms with E-state index in [1.165, 1.54) is 12.1 Å². The van der Waals surface area contributed by atoms with Gasteiger partial charge in [-0.2, -0.15) is 0 Å². The Morgan fingerprint density at radius 1 is 1.04 bits per heavy atom. The van der Waals surface area contributed by atoms with Gasteiger partial charge in [0.15, 0.2) is 0 Å². The Kier molecular flexibility index (Phi) is 4.51. The molecule has 0 spiro atoms. The summed E-state index contributed by atoms with van der Waals surface area (Å²) >= 11 is 0. The van der Waals surface area contributed by atoms with Crippen LogP contribution in [0.2, 0.25) is 0 Å². The molecule has 0 bridgehead atoms.